The normalized spacial score (nSPS) is 22.5. The van der Waals surface area contributed by atoms with Gasteiger partial charge in [0.15, 0.2) is 0 Å². The molecule has 3 heterocycles. The molecule has 2 fully saturated rings. The Morgan fingerprint density at radius 2 is 2.24 bits per heavy atom. The van der Waals surface area contributed by atoms with Crippen LogP contribution in [0, 0.1) is 5.92 Å². The van der Waals surface area contributed by atoms with Crippen LogP contribution in [0.1, 0.15) is 23.7 Å². The van der Waals surface area contributed by atoms with Crippen molar-refractivity contribution in [2.45, 2.75) is 19.4 Å². The first-order chi connectivity index (χ1) is 12.3. The molecular weight excluding hydrogens is 322 g/mol. The van der Waals surface area contributed by atoms with Crippen LogP contribution in [0.2, 0.25) is 0 Å². The van der Waals surface area contributed by atoms with Crippen molar-refractivity contribution in [3.8, 4) is 5.88 Å². The maximum Gasteiger partial charge on any atom is 0.256 e. The molecule has 0 saturated carbocycles. The van der Waals surface area contributed by atoms with E-state index in [1.807, 2.05) is 6.92 Å². The van der Waals surface area contributed by atoms with E-state index in [4.69, 9.17) is 14.2 Å². The van der Waals surface area contributed by atoms with Crippen LogP contribution in [0.25, 0.3) is 0 Å². The van der Waals surface area contributed by atoms with E-state index in [9.17, 15) is 4.79 Å². The van der Waals surface area contributed by atoms with Gasteiger partial charge >= 0.3 is 0 Å². The molecule has 1 aromatic heterocycles. The number of carbonyl (C=O) groups is 1. The molecule has 1 N–H and O–H groups in total. The molecule has 0 unspecified atom stereocenters. The molecule has 0 aromatic carbocycles. The summed E-state index contributed by atoms with van der Waals surface area (Å²) in [5.41, 5.74) is 0.479. The molecule has 2 aliphatic rings. The first kappa shape index (κ1) is 18.1. The largest absolute Gasteiger partial charge is 0.477 e. The van der Waals surface area contributed by atoms with Crippen LogP contribution in [-0.2, 0) is 9.47 Å². The minimum Gasteiger partial charge on any atom is -0.477 e. The second-order valence-corrected chi connectivity index (χ2v) is 6.34. The molecular formula is C18H27N3O4. The summed E-state index contributed by atoms with van der Waals surface area (Å²) in [6.07, 6.45) is 2.67. The molecule has 25 heavy (non-hydrogen) atoms. The number of hydrogen-bond acceptors (Lipinski definition) is 6. The van der Waals surface area contributed by atoms with Gasteiger partial charge in [-0.1, -0.05) is 0 Å². The lowest BCUT2D eigenvalue weighted by atomic mass is 9.96. The van der Waals surface area contributed by atoms with Gasteiger partial charge in [-0.05, 0) is 25.5 Å². The number of nitrogens with one attached hydrogen (secondary N) is 1. The van der Waals surface area contributed by atoms with Gasteiger partial charge in [0.1, 0.15) is 5.56 Å². The number of morpholine rings is 1. The number of hydrogen-bond donors (Lipinski definition) is 1. The lowest BCUT2D eigenvalue weighted by Gasteiger charge is -2.37. The topological polar surface area (TPSA) is 72.9 Å². The number of aromatic nitrogens is 1. The molecule has 138 valence electrons. The van der Waals surface area contributed by atoms with Crippen LogP contribution < -0.4 is 10.1 Å². The third kappa shape index (κ3) is 4.68. The Morgan fingerprint density at radius 3 is 2.96 bits per heavy atom. The standard InChI is InChI=1S/C18H27N3O4/c1-2-25-18-15(4-3-6-19-18)17(22)20-12-16(14-5-9-24-13-14)21-7-10-23-11-8-21/h3-4,6,14,16H,2,5,7-13H2,1H3,(H,20,22)/t14-,16-/m0/s1. The van der Waals surface area contributed by atoms with Crippen molar-refractivity contribution in [2.75, 3.05) is 52.7 Å². The summed E-state index contributed by atoms with van der Waals surface area (Å²) in [5, 5.41) is 3.08. The maximum absolute atomic E-state index is 12.6. The zero-order valence-corrected chi connectivity index (χ0v) is 14.8. The van der Waals surface area contributed by atoms with E-state index in [0.29, 0.717) is 30.5 Å². The highest BCUT2D eigenvalue weighted by Crippen LogP contribution is 2.22. The van der Waals surface area contributed by atoms with Gasteiger partial charge in [0.05, 0.1) is 26.4 Å². The molecule has 2 aliphatic heterocycles. The predicted molar refractivity (Wildman–Crippen MR) is 92.8 cm³/mol. The Morgan fingerprint density at radius 1 is 1.40 bits per heavy atom. The van der Waals surface area contributed by atoms with E-state index >= 15 is 0 Å². The second kappa shape index (κ2) is 9.12. The molecule has 3 rings (SSSR count). The summed E-state index contributed by atoms with van der Waals surface area (Å²) in [6.45, 7) is 7.79. The molecule has 7 heteroatoms. The van der Waals surface area contributed by atoms with Gasteiger partial charge in [-0.2, -0.15) is 0 Å². The van der Waals surface area contributed by atoms with Gasteiger partial charge in [-0.25, -0.2) is 4.98 Å². The minimum absolute atomic E-state index is 0.145. The molecule has 2 atom stereocenters. The lowest BCUT2D eigenvalue weighted by Crippen LogP contribution is -2.52. The van der Waals surface area contributed by atoms with Crippen molar-refractivity contribution in [2.24, 2.45) is 5.92 Å². The zero-order chi connectivity index (χ0) is 17.5. The van der Waals surface area contributed by atoms with Crippen molar-refractivity contribution in [3.05, 3.63) is 23.9 Å². The molecule has 1 aromatic rings. The smallest absolute Gasteiger partial charge is 0.256 e. The van der Waals surface area contributed by atoms with Crippen LogP contribution >= 0.6 is 0 Å². The molecule has 0 radical (unpaired) electrons. The van der Waals surface area contributed by atoms with E-state index in [1.165, 1.54) is 0 Å². The van der Waals surface area contributed by atoms with Gasteiger partial charge in [0.2, 0.25) is 5.88 Å². The van der Waals surface area contributed by atoms with Gasteiger partial charge < -0.3 is 19.5 Å². The Hall–Kier alpha value is -1.70. The number of nitrogens with zero attached hydrogens (tertiary/aromatic N) is 2. The van der Waals surface area contributed by atoms with E-state index in [-0.39, 0.29) is 11.9 Å². The summed E-state index contributed by atoms with van der Waals surface area (Å²) < 4.78 is 16.5. The third-order valence-electron chi connectivity index (χ3n) is 4.79. The van der Waals surface area contributed by atoms with Crippen molar-refractivity contribution >= 4 is 5.91 Å². The summed E-state index contributed by atoms with van der Waals surface area (Å²) in [6, 6.07) is 3.76. The molecule has 1 amide bonds. The van der Waals surface area contributed by atoms with E-state index in [0.717, 1.165) is 45.9 Å². The highest BCUT2D eigenvalue weighted by Gasteiger charge is 2.32. The molecule has 7 nitrogen and oxygen atoms in total. The van der Waals surface area contributed by atoms with Crippen molar-refractivity contribution in [3.63, 3.8) is 0 Å². The monoisotopic (exact) mass is 349 g/mol. The van der Waals surface area contributed by atoms with Crippen LogP contribution in [0.15, 0.2) is 18.3 Å². The Bertz CT molecular complexity index is 557. The quantitative estimate of drug-likeness (QED) is 0.790. The Labute approximate surface area is 148 Å². The van der Waals surface area contributed by atoms with Crippen LogP contribution in [0.4, 0.5) is 0 Å². The molecule has 0 spiro atoms. The number of pyridine rings is 1. The number of rotatable bonds is 7. The summed E-state index contributed by atoms with van der Waals surface area (Å²) in [5.74, 6) is 0.682. The van der Waals surface area contributed by atoms with E-state index in [2.05, 4.69) is 15.2 Å². The summed E-state index contributed by atoms with van der Waals surface area (Å²) >= 11 is 0. The second-order valence-electron chi connectivity index (χ2n) is 6.34. The number of amides is 1. The fraction of sp³-hybridized carbons (Fsp3) is 0.667. The Kier molecular flexibility index (Phi) is 6.61. The van der Waals surface area contributed by atoms with Gasteiger partial charge in [-0.3, -0.25) is 9.69 Å². The predicted octanol–water partition coefficient (Wildman–Crippen LogP) is 0.947. The fourth-order valence-corrected chi connectivity index (χ4v) is 3.47. The number of carbonyl (C=O) groups excluding carboxylic acids is 1. The van der Waals surface area contributed by atoms with Crippen LogP contribution in [0.3, 0.4) is 0 Å². The zero-order valence-electron chi connectivity index (χ0n) is 14.8. The van der Waals surface area contributed by atoms with Crippen LogP contribution in [-0.4, -0.2) is 74.5 Å². The van der Waals surface area contributed by atoms with Gasteiger partial charge in [0, 0.05) is 44.4 Å². The van der Waals surface area contributed by atoms with Crippen LogP contribution in [0.5, 0.6) is 5.88 Å². The van der Waals surface area contributed by atoms with Crippen molar-refractivity contribution in [1.82, 2.24) is 15.2 Å². The van der Waals surface area contributed by atoms with Crippen molar-refractivity contribution < 1.29 is 19.0 Å². The lowest BCUT2D eigenvalue weighted by molar-refractivity contribution is 0.00166. The first-order valence-corrected chi connectivity index (χ1v) is 9.05. The summed E-state index contributed by atoms with van der Waals surface area (Å²) in [4.78, 5) is 19.2. The average Bonchev–Trinajstić information content (AvgIpc) is 3.18. The van der Waals surface area contributed by atoms with E-state index in [1.54, 1.807) is 18.3 Å². The fourth-order valence-electron chi connectivity index (χ4n) is 3.47. The molecule has 2 saturated heterocycles. The highest BCUT2D eigenvalue weighted by molar-refractivity contribution is 5.96. The minimum atomic E-state index is -0.145. The first-order valence-electron chi connectivity index (χ1n) is 9.05. The van der Waals surface area contributed by atoms with Gasteiger partial charge in [-0.15, -0.1) is 0 Å². The van der Waals surface area contributed by atoms with Gasteiger partial charge in [0.25, 0.3) is 5.91 Å². The van der Waals surface area contributed by atoms with Crippen molar-refractivity contribution in [1.29, 1.82) is 0 Å². The average molecular weight is 349 g/mol. The van der Waals surface area contributed by atoms with E-state index < -0.39 is 0 Å². The molecule has 0 aliphatic carbocycles. The third-order valence-corrected chi connectivity index (χ3v) is 4.79. The number of ether oxygens (including phenoxy) is 3. The molecule has 0 bridgehead atoms. The maximum atomic E-state index is 12.6. The Balaban J connectivity index is 1.64. The summed E-state index contributed by atoms with van der Waals surface area (Å²) in [7, 11) is 0. The highest BCUT2D eigenvalue weighted by atomic mass is 16.5. The SMILES string of the molecule is CCOc1ncccc1C(=O)NC[C@@H]([C@H]1CCOC1)N1CCOCC1.